The second-order valence-electron chi connectivity index (χ2n) is 5.71. The molecule has 0 spiro atoms. The number of aromatic nitrogens is 4. The smallest absolute Gasteiger partial charge is 0.226 e. The molecule has 1 saturated heterocycles. The van der Waals surface area contributed by atoms with Gasteiger partial charge in [-0.15, -0.1) is 0 Å². The summed E-state index contributed by atoms with van der Waals surface area (Å²) in [5.41, 5.74) is 1.56. The van der Waals surface area contributed by atoms with E-state index in [-0.39, 0.29) is 0 Å². The quantitative estimate of drug-likeness (QED) is 0.774. The fourth-order valence-electron chi connectivity index (χ4n) is 2.82. The minimum absolute atomic E-state index is 0.594. The highest BCUT2D eigenvalue weighted by Crippen LogP contribution is 2.21. The molecule has 114 valence electrons. The fourth-order valence-corrected chi connectivity index (χ4v) is 2.82. The second-order valence-corrected chi connectivity index (χ2v) is 5.71. The van der Waals surface area contributed by atoms with E-state index in [4.69, 9.17) is 0 Å². The van der Waals surface area contributed by atoms with Gasteiger partial charge in [0.1, 0.15) is 5.52 Å². The number of likely N-dealkylation sites (tertiary alicyclic amines) is 1. The molecule has 0 aromatic carbocycles. The normalized spacial score (nSPS) is 17.2. The van der Waals surface area contributed by atoms with E-state index in [1.54, 1.807) is 6.33 Å². The number of nitrogens with zero attached hydrogens (tertiary/aromatic N) is 4. The van der Waals surface area contributed by atoms with Gasteiger partial charge in [-0.3, -0.25) is 0 Å². The highest BCUT2D eigenvalue weighted by atomic mass is 15.2. The number of aromatic amines is 1. The van der Waals surface area contributed by atoms with Crippen molar-refractivity contribution in [3.63, 3.8) is 0 Å². The Bertz CT molecular complexity index is 586. The molecular formula is C14H23N7. The third kappa shape index (κ3) is 3.24. The zero-order valence-electron chi connectivity index (χ0n) is 12.7. The number of imidazole rings is 1. The maximum atomic E-state index is 4.47. The van der Waals surface area contributed by atoms with Crippen LogP contribution in [-0.4, -0.2) is 58.6 Å². The largest absolute Gasteiger partial charge is 0.368 e. The van der Waals surface area contributed by atoms with E-state index in [1.807, 2.05) is 7.05 Å². The number of hydrogen-bond donors (Lipinski definition) is 3. The van der Waals surface area contributed by atoms with E-state index >= 15 is 0 Å². The Morgan fingerprint density at radius 3 is 2.90 bits per heavy atom. The van der Waals surface area contributed by atoms with Crippen molar-refractivity contribution in [3.8, 4) is 0 Å². The first-order chi connectivity index (χ1) is 10.3. The Kier molecular flexibility index (Phi) is 4.19. The highest BCUT2D eigenvalue weighted by molar-refractivity contribution is 5.83. The van der Waals surface area contributed by atoms with Gasteiger partial charge in [-0.1, -0.05) is 0 Å². The lowest BCUT2D eigenvalue weighted by Gasteiger charge is -2.28. The van der Waals surface area contributed by atoms with Crippen molar-refractivity contribution < 1.29 is 0 Å². The summed E-state index contributed by atoms with van der Waals surface area (Å²) in [6, 6.07) is 0. The van der Waals surface area contributed by atoms with Gasteiger partial charge in [-0.25, -0.2) is 4.98 Å². The van der Waals surface area contributed by atoms with Crippen LogP contribution >= 0.6 is 0 Å². The van der Waals surface area contributed by atoms with Crippen molar-refractivity contribution in [2.24, 2.45) is 5.92 Å². The molecule has 3 heterocycles. The maximum Gasteiger partial charge on any atom is 0.226 e. The van der Waals surface area contributed by atoms with E-state index in [9.17, 15) is 0 Å². The molecule has 1 fully saturated rings. The predicted octanol–water partition coefficient (Wildman–Crippen LogP) is 1.54. The van der Waals surface area contributed by atoms with Gasteiger partial charge >= 0.3 is 0 Å². The number of piperidine rings is 1. The summed E-state index contributed by atoms with van der Waals surface area (Å²) >= 11 is 0. The van der Waals surface area contributed by atoms with Crippen LogP contribution in [0, 0.1) is 5.92 Å². The van der Waals surface area contributed by atoms with Crippen molar-refractivity contribution in [3.05, 3.63) is 6.33 Å². The summed E-state index contributed by atoms with van der Waals surface area (Å²) < 4.78 is 0. The SMILES string of the molecule is CNc1nc(NCCC2CCN(C)CC2)c2[nH]cnc2n1. The molecule has 21 heavy (non-hydrogen) atoms. The van der Waals surface area contributed by atoms with Gasteiger partial charge in [0, 0.05) is 13.6 Å². The second kappa shape index (κ2) is 6.26. The molecule has 7 nitrogen and oxygen atoms in total. The monoisotopic (exact) mass is 289 g/mol. The molecule has 0 saturated carbocycles. The van der Waals surface area contributed by atoms with Crippen LogP contribution in [0.15, 0.2) is 6.33 Å². The van der Waals surface area contributed by atoms with E-state index in [0.717, 1.165) is 23.8 Å². The zero-order valence-corrected chi connectivity index (χ0v) is 12.7. The molecule has 0 amide bonds. The van der Waals surface area contributed by atoms with Crippen molar-refractivity contribution in [1.82, 2.24) is 24.8 Å². The van der Waals surface area contributed by atoms with Gasteiger partial charge in [-0.05, 0) is 45.3 Å². The molecule has 3 rings (SSSR count). The van der Waals surface area contributed by atoms with Crippen LogP contribution in [0.5, 0.6) is 0 Å². The number of rotatable bonds is 5. The van der Waals surface area contributed by atoms with Crippen molar-refractivity contribution >= 4 is 22.9 Å². The van der Waals surface area contributed by atoms with Gasteiger partial charge in [0.2, 0.25) is 5.95 Å². The fraction of sp³-hybridized carbons (Fsp3) is 0.643. The molecule has 0 atom stereocenters. The van der Waals surface area contributed by atoms with E-state index in [2.05, 4.69) is 42.5 Å². The summed E-state index contributed by atoms with van der Waals surface area (Å²) in [7, 11) is 4.01. The van der Waals surface area contributed by atoms with Crippen LogP contribution in [0.2, 0.25) is 0 Å². The minimum Gasteiger partial charge on any atom is -0.368 e. The van der Waals surface area contributed by atoms with Crippen LogP contribution in [-0.2, 0) is 0 Å². The molecule has 1 aliphatic rings. The van der Waals surface area contributed by atoms with Crippen molar-refractivity contribution in [2.75, 3.05) is 44.4 Å². The number of anilines is 2. The average Bonchev–Trinajstić information content (AvgIpc) is 2.97. The van der Waals surface area contributed by atoms with E-state index in [1.165, 1.54) is 32.4 Å². The van der Waals surface area contributed by atoms with Crippen LogP contribution < -0.4 is 10.6 Å². The molecule has 0 unspecified atom stereocenters. The summed E-state index contributed by atoms with van der Waals surface area (Å²) in [5.74, 6) is 2.24. The number of hydrogen-bond acceptors (Lipinski definition) is 6. The average molecular weight is 289 g/mol. The van der Waals surface area contributed by atoms with Gasteiger partial charge in [0.05, 0.1) is 6.33 Å². The molecule has 2 aromatic heterocycles. The van der Waals surface area contributed by atoms with Crippen molar-refractivity contribution in [2.45, 2.75) is 19.3 Å². The lowest BCUT2D eigenvalue weighted by Crippen LogP contribution is -2.30. The van der Waals surface area contributed by atoms with E-state index < -0.39 is 0 Å². The third-order valence-electron chi connectivity index (χ3n) is 4.19. The Balaban J connectivity index is 1.61. The molecular weight excluding hydrogens is 266 g/mol. The summed E-state index contributed by atoms with van der Waals surface area (Å²) in [5, 5.41) is 6.40. The standard InChI is InChI=1S/C14H23N7/c1-15-14-19-12(11-13(20-14)18-9-17-11)16-6-3-10-4-7-21(2)8-5-10/h9-10H,3-8H2,1-2H3,(H3,15,16,17,18,19,20). The van der Waals surface area contributed by atoms with Gasteiger partial charge in [-0.2, -0.15) is 9.97 Å². The number of H-pyrrole nitrogens is 1. The minimum atomic E-state index is 0.594. The molecule has 0 bridgehead atoms. The zero-order chi connectivity index (χ0) is 14.7. The highest BCUT2D eigenvalue weighted by Gasteiger charge is 2.16. The molecule has 3 N–H and O–H groups in total. The number of nitrogens with one attached hydrogen (secondary N) is 3. The first-order valence-electron chi connectivity index (χ1n) is 7.57. The molecule has 1 aliphatic heterocycles. The van der Waals surface area contributed by atoms with Crippen LogP contribution in [0.1, 0.15) is 19.3 Å². The van der Waals surface area contributed by atoms with Crippen molar-refractivity contribution in [1.29, 1.82) is 0 Å². The van der Waals surface area contributed by atoms with Crippen LogP contribution in [0.3, 0.4) is 0 Å². The first kappa shape index (κ1) is 14.1. The topological polar surface area (TPSA) is 81.8 Å². The van der Waals surface area contributed by atoms with Gasteiger partial charge < -0.3 is 20.5 Å². The predicted molar refractivity (Wildman–Crippen MR) is 84.6 cm³/mol. The van der Waals surface area contributed by atoms with Crippen LogP contribution in [0.4, 0.5) is 11.8 Å². The number of fused-ring (bicyclic) bond motifs is 1. The maximum absolute atomic E-state index is 4.47. The Hall–Kier alpha value is -1.89. The third-order valence-corrected chi connectivity index (χ3v) is 4.19. The van der Waals surface area contributed by atoms with Gasteiger partial charge in [0.15, 0.2) is 11.5 Å². The van der Waals surface area contributed by atoms with E-state index in [0.29, 0.717) is 11.6 Å². The summed E-state index contributed by atoms with van der Waals surface area (Å²) in [4.78, 5) is 18.5. The summed E-state index contributed by atoms with van der Waals surface area (Å²) in [6.45, 7) is 3.36. The molecule has 7 heteroatoms. The summed E-state index contributed by atoms with van der Waals surface area (Å²) in [6.07, 6.45) is 5.43. The van der Waals surface area contributed by atoms with Gasteiger partial charge in [0.25, 0.3) is 0 Å². The molecule has 0 radical (unpaired) electrons. The Morgan fingerprint density at radius 2 is 2.14 bits per heavy atom. The Morgan fingerprint density at radius 1 is 1.33 bits per heavy atom. The lowest BCUT2D eigenvalue weighted by molar-refractivity contribution is 0.215. The first-order valence-corrected chi connectivity index (χ1v) is 7.57. The lowest BCUT2D eigenvalue weighted by atomic mass is 9.94. The Labute approximate surface area is 124 Å². The molecule has 2 aromatic rings. The molecule has 0 aliphatic carbocycles. The van der Waals surface area contributed by atoms with Crippen LogP contribution in [0.25, 0.3) is 11.2 Å².